The molecular formula is C23H29FN4O2. The van der Waals surface area contributed by atoms with Crippen molar-refractivity contribution in [2.45, 2.75) is 19.9 Å². The molecular weight excluding hydrogens is 383 g/mol. The van der Waals surface area contributed by atoms with Crippen molar-refractivity contribution in [1.29, 1.82) is 0 Å². The zero-order valence-corrected chi connectivity index (χ0v) is 17.6. The first-order valence-electron chi connectivity index (χ1n) is 10.3. The van der Waals surface area contributed by atoms with Gasteiger partial charge in [-0.2, -0.15) is 0 Å². The zero-order chi connectivity index (χ0) is 21.7. The third-order valence-electron chi connectivity index (χ3n) is 5.73. The molecule has 7 heteroatoms. The van der Waals surface area contributed by atoms with Crippen molar-refractivity contribution in [3.8, 4) is 0 Å². The molecule has 0 aliphatic carbocycles. The molecule has 1 saturated heterocycles. The molecule has 2 amide bonds. The van der Waals surface area contributed by atoms with Crippen LogP contribution in [0, 0.1) is 5.82 Å². The Morgan fingerprint density at radius 3 is 2.17 bits per heavy atom. The lowest BCUT2D eigenvalue weighted by Gasteiger charge is -2.37. The Balaban J connectivity index is 1.54. The van der Waals surface area contributed by atoms with Gasteiger partial charge in [0.15, 0.2) is 0 Å². The number of hydrogen-bond acceptors (Lipinski definition) is 4. The normalized spacial score (nSPS) is 15.6. The van der Waals surface area contributed by atoms with Crippen molar-refractivity contribution in [1.82, 2.24) is 9.80 Å². The van der Waals surface area contributed by atoms with Crippen molar-refractivity contribution in [2.75, 3.05) is 44.2 Å². The van der Waals surface area contributed by atoms with Crippen LogP contribution in [0.4, 0.5) is 10.1 Å². The summed E-state index contributed by atoms with van der Waals surface area (Å²) in [6, 6.07) is 13.5. The van der Waals surface area contributed by atoms with E-state index in [-0.39, 0.29) is 17.8 Å². The van der Waals surface area contributed by atoms with Crippen molar-refractivity contribution >= 4 is 17.5 Å². The van der Waals surface area contributed by atoms with E-state index in [2.05, 4.69) is 9.80 Å². The fraction of sp³-hybridized carbons (Fsp3) is 0.391. The van der Waals surface area contributed by atoms with Gasteiger partial charge in [0.1, 0.15) is 5.82 Å². The van der Waals surface area contributed by atoms with Gasteiger partial charge in [-0.25, -0.2) is 4.39 Å². The number of amides is 2. The van der Waals surface area contributed by atoms with Gasteiger partial charge in [0.25, 0.3) is 0 Å². The van der Waals surface area contributed by atoms with Crippen LogP contribution in [0.1, 0.15) is 35.8 Å². The van der Waals surface area contributed by atoms with Crippen LogP contribution in [0.15, 0.2) is 48.5 Å². The van der Waals surface area contributed by atoms with E-state index in [9.17, 15) is 14.0 Å². The number of nitrogens with zero attached hydrogens (tertiary/aromatic N) is 3. The Morgan fingerprint density at radius 2 is 1.63 bits per heavy atom. The molecule has 2 N–H and O–H groups in total. The van der Waals surface area contributed by atoms with E-state index in [4.69, 9.17) is 5.73 Å². The van der Waals surface area contributed by atoms with Crippen molar-refractivity contribution in [3.63, 3.8) is 0 Å². The second kappa shape index (κ2) is 9.71. The largest absolute Gasteiger partial charge is 0.369 e. The van der Waals surface area contributed by atoms with Gasteiger partial charge < -0.3 is 15.5 Å². The summed E-state index contributed by atoms with van der Waals surface area (Å²) in [5, 5.41) is 0. The van der Waals surface area contributed by atoms with Crippen LogP contribution in [0.2, 0.25) is 0 Å². The van der Waals surface area contributed by atoms with Gasteiger partial charge in [-0.15, -0.1) is 0 Å². The average Bonchev–Trinajstić information content (AvgIpc) is 2.75. The molecule has 6 nitrogen and oxygen atoms in total. The van der Waals surface area contributed by atoms with Gasteiger partial charge in [0.05, 0.1) is 12.6 Å². The Bertz CT molecular complexity index is 862. The maximum Gasteiger partial charge on any atom is 0.248 e. The van der Waals surface area contributed by atoms with E-state index in [1.165, 1.54) is 12.1 Å². The van der Waals surface area contributed by atoms with Crippen LogP contribution in [0.5, 0.6) is 0 Å². The smallest absolute Gasteiger partial charge is 0.248 e. The summed E-state index contributed by atoms with van der Waals surface area (Å²) < 4.78 is 13.2. The molecule has 160 valence electrons. The fourth-order valence-corrected chi connectivity index (χ4v) is 3.87. The van der Waals surface area contributed by atoms with Crippen LogP contribution >= 0.6 is 0 Å². The van der Waals surface area contributed by atoms with Crippen LogP contribution in [-0.2, 0) is 4.79 Å². The summed E-state index contributed by atoms with van der Waals surface area (Å²) >= 11 is 0. The van der Waals surface area contributed by atoms with E-state index in [1.54, 1.807) is 24.3 Å². The van der Waals surface area contributed by atoms with E-state index < -0.39 is 5.91 Å². The fourth-order valence-electron chi connectivity index (χ4n) is 3.87. The number of carbonyl (C=O) groups is 2. The highest BCUT2D eigenvalue weighted by molar-refractivity contribution is 5.93. The standard InChI is InChI=1S/C23H29FN4O2/c1-3-28(17(2)18-4-8-20(24)9-5-18)22(29)16-26-12-14-27(15-13-26)21-10-6-19(7-11-21)23(25)30/h4-11,17H,3,12-16H2,1-2H3,(H2,25,30). The molecule has 0 radical (unpaired) electrons. The molecule has 1 heterocycles. The molecule has 1 atom stereocenters. The van der Waals surface area contributed by atoms with Crippen molar-refractivity contribution in [3.05, 3.63) is 65.5 Å². The number of carbonyl (C=O) groups excluding carboxylic acids is 2. The molecule has 3 rings (SSSR count). The number of nitrogens with two attached hydrogens (primary N) is 1. The first-order chi connectivity index (χ1) is 14.4. The molecule has 30 heavy (non-hydrogen) atoms. The number of rotatable bonds is 7. The molecule has 2 aromatic carbocycles. The quantitative estimate of drug-likeness (QED) is 0.759. The second-order valence-corrected chi connectivity index (χ2v) is 7.58. The predicted octanol–water partition coefficient (Wildman–Crippen LogP) is 2.66. The van der Waals surface area contributed by atoms with E-state index in [1.807, 2.05) is 30.9 Å². The third-order valence-corrected chi connectivity index (χ3v) is 5.73. The number of primary amides is 1. The second-order valence-electron chi connectivity index (χ2n) is 7.58. The summed E-state index contributed by atoms with van der Waals surface area (Å²) in [7, 11) is 0. The van der Waals surface area contributed by atoms with Gasteiger partial charge >= 0.3 is 0 Å². The third kappa shape index (κ3) is 5.16. The minimum atomic E-state index is -0.430. The number of piperazine rings is 1. The van der Waals surface area contributed by atoms with Crippen LogP contribution in [0.25, 0.3) is 0 Å². The summed E-state index contributed by atoms with van der Waals surface area (Å²) in [5.74, 6) is -0.628. The zero-order valence-electron chi connectivity index (χ0n) is 17.6. The Morgan fingerprint density at radius 1 is 1.03 bits per heavy atom. The average molecular weight is 413 g/mol. The predicted molar refractivity (Wildman–Crippen MR) is 116 cm³/mol. The minimum absolute atomic E-state index is 0.0774. The van der Waals surface area contributed by atoms with Gasteiger partial charge in [-0.05, 0) is 55.8 Å². The lowest BCUT2D eigenvalue weighted by atomic mass is 10.1. The number of benzene rings is 2. The number of likely N-dealkylation sites (N-methyl/N-ethyl adjacent to an activating group) is 1. The van der Waals surface area contributed by atoms with Gasteiger partial charge in [0.2, 0.25) is 11.8 Å². The molecule has 1 fully saturated rings. The van der Waals surface area contributed by atoms with Crippen LogP contribution in [0.3, 0.4) is 0 Å². The molecule has 1 aliphatic rings. The maximum absolute atomic E-state index is 13.2. The van der Waals surface area contributed by atoms with Gasteiger partial charge in [-0.1, -0.05) is 12.1 Å². The summed E-state index contributed by atoms with van der Waals surface area (Å²) in [6.07, 6.45) is 0. The van der Waals surface area contributed by atoms with E-state index in [0.717, 1.165) is 37.4 Å². The van der Waals surface area contributed by atoms with E-state index >= 15 is 0 Å². The van der Waals surface area contributed by atoms with Crippen LogP contribution < -0.4 is 10.6 Å². The molecule has 0 saturated carbocycles. The Kier molecular flexibility index (Phi) is 7.05. The lowest BCUT2D eigenvalue weighted by molar-refractivity contribution is -0.134. The van der Waals surface area contributed by atoms with Gasteiger partial charge in [-0.3, -0.25) is 14.5 Å². The minimum Gasteiger partial charge on any atom is -0.369 e. The highest BCUT2D eigenvalue weighted by atomic mass is 19.1. The topological polar surface area (TPSA) is 69.9 Å². The molecule has 1 unspecified atom stereocenters. The van der Waals surface area contributed by atoms with Crippen LogP contribution in [-0.4, -0.2) is 60.9 Å². The Hall–Kier alpha value is -2.93. The summed E-state index contributed by atoms with van der Waals surface area (Å²) in [6.45, 7) is 8.09. The summed E-state index contributed by atoms with van der Waals surface area (Å²) in [4.78, 5) is 30.4. The molecule has 0 aromatic heterocycles. The molecule has 0 spiro atoms. The van der Waals surface area contributed by atoms with Gasteiger partial charge in [0, 0.05) is 44.0 Å². The highest BCUT2D eigenvalue weighted by Gasteiger charge is 2.24. The lowest BCUT2D eigenvalue weighted by Crippen LogP contribution is -2.50. The van der Waals surface area contributed by atoms with Crippen molar-refractivity contribution in [2.24, 2.45) is 5.73 Å². The molecule has 2 aromatic rings. The molecule has 1 aliphatic heterocycles. The monoisotopic (exact) mass is 412 g/mol. The first-order valence-corrected chi connectivity index (χ1v) is 10.3. The highest BCUT2D eigenvalue weighted by Crippen LogP contribution is 2.21. The summed E-state index contributed by atoms with van der Waals surface area (Å²) in [5.41, 5.74) is 7.77. The van der Waals surface area contributed by atoms with Crippen molar-refractivity contribution < 1.29 is 14.0 Å². The molecule has 0 bridgehead atoms. The first kappa shape index (κ1) is 21.8. The SMILES string of the molecule is CCN(C(=O)CN1CCN(c2ccc(C(N)=O)cc2)CC1)C(C)c1ccc(F)cc1. The van der Waals surface area contributed by atoms with E-state index in [0.29, 0.717) is 18.7 Å². The Labute approximate surface area is 177 Å². The number of halogens is 1. The number of hydrogen-bond donors (Lipinski definition) is 1. The maximum atomic E-state index is 13.2. The number of anilines is 1.